The minimum atomic E-state index is -0.339. The van der Waals surface area contributed by atoms with Gasteiger partial charge < -0.3 is 10.6 Å². The summed E-state index contributed by atoms with van der Waals surface area (Å²) in [5.41, 5.74) is 5.95. The monoisotopic (exact) mass is 322 g/mol. The van der Waals surface area contributed by atoms with Gasteiger partial charge in [-0.1, -0.05) is 12.1 Å². The molecule has 0 aliphatic heterocycles. The first-order valence-corrected chi connectivity index (χ1v) is 7.79. The van der Waals surface area contributed by atoms with Gasteiger partial charge in [0.15, 0.2) is 0 Å². The lowest BCUT2D eigenvalue weighted by molar-refractivity contribution is -0.114. The van der Waals surface area contributed by atoms with Crippen molar-refractivity contribution in [2.24, 2.45) is 0 Å². The van der Waals surface area contributed by atoms with Crippen LogP contribution in [0.1, 0.15) is 22.3 Å². The van der Waals surface area contributed by atoms with Crippen LogP contribution in [-0.4, -0.2) is 11.8 Å². The van der Waals surface area contributed by atoms with E-state index < -0.39 is 0 Å². The molecule has 0 aliphatic carbocycles. The van der Waals surface area contributed by atoms with Crippen LogP contribution in [0, 0.1) is 27.7 Å². The van der Waals surface area contributed by atoms with E-state index in [-0.39, 0.29) is 11.8 Å². The molecule has 0 aromatic heterocycles. The van der Waals surface area contributed by atoms with Crippen molar-refractivity contribution in [3.05, 3.63) is 70.8 Å². The van der Waals surface area contributed by atoms with Crippen LogP contribution < -0.4 is 10.6 Å². The standard InChI is InChI=1S/C20H22N2O2/c1-13-5-7-17(11-15(13)3)21-19(23)9-10-20(24)22-18-8-6-14(2)16(4)12-18/h5-12H,1-4H3,(H,21,23)(H,22,24). The first-order valence-electron chi connectivity index (χ1n) is 7.79. The molecule has 2 aromatic rings. The zero-order chi connectivity index (χ0) is 17.7. The predicted molar refractivity (Wildman–Crippen MR) is 98.2 cm³/mol. The molecule has 0 radical (unpaired) electrons. The first kappa shape index (κ1) is 17.5. The Morgan fingerprint density at radius 1 is 0.667 bits per heavy atom. The van der Waals surface area contributed by atoms with E-state index in [9.17, 15) is 9.59 Å². The maximum absolute atomic E-state index is 11.9. The first-order chi connectivity index (χ1) is 11.3. The molecule has 0 atom stereocenters. The third kappa shape index (κ3) is 4.81. The highest BCUT2D eigenvalue weighted by Gasteiger charge is 2.03. The SMILES string of the molecule is Cc1ccc(NC(=O)C=CC(=O)Nc2ccc(C)c(C)c2)cc1C. The van der Waals surface area contributed by atoms with Gasteiger partial charge in [-0.15, -0.1) is 0 Å². The third-order valence-electron chi connectivity index (χ3n) is 3.93. The minimum Gasteiger partial charge on any atom is -0.323 e. The largest absolute Gasteiger partial charge is 0.323 e. The van der Waals surface area contributed by atoms with Gasteiger partial charge in [0, 0.05) is 23.5 Å². The molecule has 0 unspecified atom stereocenters. The van der Waals surface area contributed by atoms with E-state index in [1.54, 1.807) is 0 Å². The van der Waals surface area contributed by atoms with Crippen molar-refractivity contribution in [2.45, 2.75) is 27.7 Å². The molecular weight excluding hydrogens is 300 g/mol. The molecule has 124 valence electrons. The molecule has 2 amide bonds. The van der Waals surface area contributed by atoms with Crippen LogP contribution in [-0.2, 0) is 9.59 Å². The van der Waals surface area contributed by atoms with Crippen molar-refractivity contribution in [3.63, 3.8) is 0 Å². The highest BCUT2D eigenvalue weighted by molar-refractivity contribution is 6.06. The Labute approximate surface area is 142 Å². The van der Waals surface area contributed by atoms with E-state index in [1.807, 2.05) is 64.1 Å². The molecule has 2 N–H and O–H groups in total. The Morgan fingerprint density at radius 3 is 1.38 bits per heavy atom. The number of carbonyl (C=O) groups is 2. The summed E-state index contributed by atoms with van der Waals surface area (Å²) in [6.07, 6.45) is 2.46. The van der Waals surface area contributed by atoms with E-state index >= 15 is 0 Å². The van der Waals surface area contributed by atoms with Gasteiger partial charge in [0.05, 0.1) is 0 Å². The fourth-order valence-electron chi connectivity index (χ4n) is 2.16. The normalized spacial score (nSPS) is 10.7. The molecule has 0 aliphatic rings. The fourth-order valence-corrected chi connectivity index (χ4v) is 2.16. The molecule has 0 fully saturated rings. The quantitative estimate of drug-likeness (QED) is 0.834. The summed E-state index contributed by atoms with van der Waals surface area (Å²) < 4.78 is 0. The second-order valence-corrected chi connectivity index (χ2v) is 5.91. The molecule has 2 aromatic carbocycles. The van der Waals surface area contributed by atoms with E-state index in [2.05, 4.69) is 10.6 Å². The topological polar surface area (TPSA) is 58.2 Å². The smallest absolute Gasteiger partial charge is 0.248 e. The Bertz CT molecular complexity index is 740. The maximum atomic E-state index is 11.9. The number of hydrogen-bond donors (Lipinski definition) is 2. The summed E-state index contributed by atoms with van der Waals surface area (Å²) in [4.78, 5) is 23.8. The lowest BCUT2D eigenvalue weighted by atomic mass is 10.1. The zero-order valence-corrected chi connectivity index (χ0v) is 14.4. The van der Waals surface area contributed by atoms with Gasteiger partial charge in [0.2, 0.25) is 11.8 Å². The van der Waals surface area contributed by atoms with E-state index in [0.717, 1.165) is 22.3 Å². The highest BCUT2D eigenvalue weighted by atomic mass is 16.2. The molecule has 4 nitrogen and oxygen atoms in total. The van der Waals surface area contributed by atoms with Crippen molar-refractivity contribution in [1.82, 2.24) is 0 Å². The summed E-state index contributed by atoms with van der Waals surface area (Å²) in [5, 5.41) is 5.48. The van der Waals surface area contributed by atoms with Gasteiger partial charge in [-0.25, -0.2) is 0 Å². The number of nitrogens with one attached hydrogen (secondary N) is 2. The molecule has 2 rings (SSSR count). The second-order valence-electron chi connectivity index (χ2n) is 5.91. The molecule has 0 bridgehead atoms. The Balaban J connectivity index is 1.93. The predicted octanol–water partition coefficient (Wildman–Crippen LogP) is 4.05. The summed E-state index contributed by atoms with van der Waals surface area (Å²) in [7, 11) is 0. The van der Waals surface area contributed by atoms with Crippen LogP contribution in [0.25, 0.3) is 0 Å². The van der Waals surface area contributed by atoms with Gasteiger partial charge >= 0.3 is 0 Å². The summed E-state index contributed by atoms with van der Waals surface area (Å²) in [6, 6.07) is 11.4. The van der Waals surface area contributed by atoms with Crippen LogP contribution in [0.15, 0.2) is 48.6 Å². The van der Waals surface area contributed by atoms with Crippen molar-refractivity contribution in [2.75, 3.05) is 10.6 Å². The molecule has 0 saturated carbocycles. The van der Waals surface area contributed by atoms with Gasteiger partial charge in [-0.3, -0.25) is 9.59 Å². The van der Waals surface area contributed by atoms with Crippen molar-refractivity contribution in [1.29, 1.82) is 0 Å². The average molecular weight is 322 g/mol. The number of rotatable bonds is 4. The van der Waals surface area contributed by atoms with Gasteiger partial charge in [0.25, 0.3) is 0 Å². The summed E-state index contributed by atoms with van der Waals surface area (Å²) in [5.74, 6) is -0.679. The lowest BCUT2D eigenvalue weighted by Crippen LogP contribution is -2.12. The molecular formula is C20H22N2O2. The number of carbonyl (C=O) groups excluding carboxylic acids is 2. The van der Waals surface area contributed by atoms with Crippen LogP contribution in [0.4, 0.5) is 11.4 Å². The fraction of sp³-hybridized carbons (Fsp3) is 0.200. The second kappa shape index (κ2) is 7.59. The van der Waals surface area contributed by atoms with Gasteiger partial charge in [-0.2, -0.15) is 0 Å². The van der Waals surface area contributed by atoms with Crippen molar-refractivity contribution >= 4 is 23.2 Å². The van der Waals surface area contributed by atoms with E-state index in [4.69, 9.17) is 0 Å². The molecule has 0 spiro atoms. The molecule has 4 heteroatoms. The summed E-state index contributed by atoms with van der Waals surface area (Å²) >= 11 is 0. The summed E-state index contributed by atoms with van der Waals surface area (Å²) in [6.45, 7) is 7.99. The van der Waals surface area contributed by atoms with E-state index in [0.29, 0.717) is 11.4 Å². The van der Waals surface area contributed by atoms with Gasteiger partial charge in [0.1, 0.15) is 0 Å². The lowest BCUT2D eigenvalue weighted by Gasteiger charge is -2.06. The molecule has 24 heavy (non-hydrogen) atoms. The Hall–Kier alpha value is -2.88. The minimum absolute atomic E-state index is 0.339. The number of anilines is 2. The highest BCUT2D eigenvalue weighted by Crippen LogP contribution is 2.15. The number of benzene rings is 2. The van der Waals surface area contributed by atoms with Crippen molar-refractivity contribution < 1.29 is 9.59 Å². The Kier molecular flexibility index (Phi) is 5.53. The van der Waals surface area contributed by atoms with Crippen LogP contribution >= 0.6 is 0 Å². The van der Waals surface area contributed by atoms with Crippen molar-refractivity contribution in [3.8, 4) is 0 Å². The number of amides is 2. The number of hydrogen-bond acceptors (Lipinski definition) is 2. The van der Waals surface area contributed by atoms with Crippen LogP contribution in [0.2, 0.25) is 0 Å². The molecule has 0 heterocycles. The van der Waals surface area contributed by atoms with E-state index in [1.165, 1.54) is 12.2 Å². The van der Waals surface area contributed by atoms with Crippen LogP contribution in [0.3, 0.4) is 0 Å². The van der Waals surface area contributed by atoms with Gasteiger partial charge in [-0.05, 0) is 74.2 Å². The Morgan fingerprint density at radius 2 is 1.04 bits per heavy atom. The van der Waals surface area contributed by atoms with Crippen LogP contribution in [0.5, 0.6) is 0 Å². The maximum Gasteiger partial charge on any atom is 0.248 e. The molecule has 0 saturated heterocycles. The number of aryl methyl sites for hydroxylation is 4. The zero-order valence-electron chi connectivity index (χ0n) is 14.4. The third-order valence-corrected chi connectivity index (χ3v) is 3.93. The average Bonchev–Trinajstić information content (AvgIpc) is 2.53.